The molecule has 0 radical (unpaired) electrons. The number of carbonyl (C=O) groups excluding carboxylic acids is 2. The Morgan fingerprint density at radius 1 is 1.00 bits per heavy atom. The average Bonchev–Trinajstić information content (AvgIpc) is 3.61. The maximum absolute atomic E-state index is 12.7. The van der Waals surface area contributed by atoms with E-state index < -0.39 is 0 Å². The smallest absolute Gasteiger partial charge is 0.243 e. The molecule has 2 aromatic carbocycles. The van der Waals surface area contributed by atoms with Crippen LogP contribution >= 0.6 is 0 Å². The fraction of sp³-hybridized carbons (Fsp3) is 0.483. The number of anilines is 1. The lowest BCUT2D eigenvalue weighted by Crippen LogP contribution is -2.31. The quantitative estimate of drug-likeness (QED) is 0.541. The van der Waals surface area contributed by atoms with Gasteiger partial charge in [-0.15, -0.1) is 0 Å². The van der Waals surface area contributed by atoms with Crippen LogP contribution in [0, 0.1) is 0 Å². The molecule has 8 nitrogen and oxygen atoms in total. The van der Waals surface area contributed by atoms with Crippen LogP contribution in [0.25, 0.3) is 0 Å². The van der Waals surface area contributed by atoms with Crippen LogP contribution in [0.4, 0.5) is 5.69 Å². The predicted octanol–water partition coefficient (Wildman–Crippen LogP) is 4.58. The Morgan fingerprint density at radius 2 is 1.76 bits per heavy atom. The second-order valence-corrected chi connectivity index (χ2v) is 10.1. The summed E-state index contributed by atoms with van der Waals surface area (Å²) in [5.74, 6) is 1.46. The molecule has 1 N–H and O–H groups in total. The van der Waals surface area contributed by atoms with E-state index >= 15 is 0 Å². The van der Waals surface area contributed by atoms with Crippen LogP contribution < -0.4 is 14.8 Å². The number of hydrogen-bond acceptors (Lipinski definition) is 6. The van der Waals surface area contributed by atoms with Crippen LogP contribution in [0.2, 0.25) is 0 Å². The summed E-state index contributed by atoms with van der Waals surface area (Å²) in [6.07, 6.45) is 8.08. The molecule has 0 atom stereocenters. The molecule has 8 heteroatoms. The van der Waals surface area contributed by atoms with Crippen molar-refractivity contribution in [3.63, 3.8) is 0 Å². The highest BCUT2D eigenvalue weighted by atomic mass is 16.5. The zero-order chi connectivity index (χ0) is 25.6. The van der Waals surface area contributed by atoms with Crippen molar-refractivity contribution >= 4 is 23.2 Å². The van der Waals surface area contributed by atoms with E-state index in [1.165, 1.54) is 12.8 Å². The van der Waals surface area contributed by atoms with Crippen molar-refractivity contribution in [1.82, 2.24) is 9.91 Å². The van der Waals surface area contributed by atoms with Gasteiger partial charge in [0.05, 0.1) is 32.0 Å². The molecule has 3 aliphatic rings. The summed E-state index contributed by atoms with van der Waals surface area (Å²) in [5.41, 5.74) is 3.53. The van der Waals surface area contributed by atoms with Gasteiger partial charge in [-0.25, -0.2) is 5.01 Å². The Labute approximate surface area is 218 Å². The normalized spacial score (nSPS) is 18.7. The first-order chi connectivity index (χ1) is 18.1. The first kappa shape index (κ1) is 25.3. The van der Waals surface area contributed by atoms with E-state index in [9.17, 15) is 9.59 Å². The first-order valence-corrected chi connectivity index (χ1v) is 13.4. The van der Waals surface area contributed by atoms with E-state index in [0.29, 0.717) is 31.7 Å². The van der Waals surface area contributed by atoms with Crippen molar-refractivity contribution in [2.75, 3.05) is 32.1 Å². The Morgan fingerprint density at radius 3 is 2.49 bits per heavy atom. The number of amides is 2. The molecule has 1 saturated heterocycles. The number of ether oxygens (including phenoxy) is 2. The molecule has 37 heavy (non-hydrogen) atoms. The molecule has 2 amide bonds. The van der Waals surface area contributed by atoms with Gasteiger partial charge in [0, 0.05) is 24.1 Å². The molecule has 0 unspecified atom stereocenters. The highest BCUT2D eigenvalue weighted by Gasteiger charge is 2.24. The van der Waals surface area contributed by atoms with Gasteiger partial charge < -0.3 is 14.8 Å². The molecule has 2 aromatic rings. The standard InChI is InChI=1S/C29H36N4O4/c1-36-26-14-10-22(18-27(26)37-24-6-2-3-7-24)25-13-15-29(35)33(31-25)19-21-8-11-23(12-9-21)30-28(34)20-32-16-4-5-17-32/h8-12,14,18,24H,2-7,13,15-17,19-20H2,1H3,(H,30,34). The Bertz CT molecular complexity index is 1140. The molecule has 2 fully saturated rings. The lowest BCUT2D eigenvalue weighted by molar-refractivity contribution is -0.132. The van der Waals surface area contributed by atoms with Gasteiger partial charge in [0.2, 0.25) is 11.8 Å². The third-order valence-electron chi connectivity index (χ3n) is 7.33. The van der Waals surface area contributed by atoms with Crippen molar-refractivity contribution in [2.45, 2.75) is 64.0 Å². The van der Waals surface area contributed by atoms with Gasteiger partial charge in [0.1, 0.15) is 0 Å². The first-order valence-electron chi connectivity index (χ1n) is 13.4. The lowest BCUT2D eigenvalue weighted by Gasteiger charge is -2.24. The molecule has 196 valence electrons. The maximum Gasteiger partial charge on any atom is 0.243 e. The zero-order valence-electron chi connectivity index (χ0n) is 21.6. The van der Waals surface area contributed by atoms with Crippen molar-refractivity contribution in [2.24, 2.45) is 5.10 Å². The third-order valence-corrected chi connectivity index (χ3v) is 7.33. The van der Waals surface area contributed by atoms with Crippen molar-refractivity contribution in [3.8, 4) is 11.5 Å². The average molecular weight is 505 g/mol. The highest BCUT2D eigenvalue weighted by molar-refractivity contribution is 6.04. The van der Waals surface area contributed by atoms with E-state index in [1.807, 2.05) is 42.5 Å². The van der Waals surface area contributed by atoms with E-state index in [4.69, 9.17) is 14.6 Å². The summed E-state index contributed by atoms with van der Waals surface area (Å²) in [5, 5.41) is 9.22. The Balaban J connectivity index is 1.24. The third kappa shape index (κ3) is 6.49. The highest BCUT2D eigenvalue weighted by Crippen LogP contribution is 2.33. The van der Waals surface area contributed by atoms with Gasteiger partial charge in [-0.1, -0.05) is 12.1 Å². The number of likely N-dealkylation sites (tertiary alicyclic amines) is 1. The van der Waals surface area contributed by atoms with Gasteiger partial charge in [0.15, 0.2) is 11.5 Å². The minimum absolute atomic E-state index is 0.00248. The monoisotopic (exact) mass is 504 g/mol. The Hall–Kier alpha value is -3.39. The number of hydrogen-bond donors (Lipinski definition) is 1. The summed E-state index contributed by atoms with van der Waals surface area (Å²) in [6, 6.07) is 13.5. The molecule has 0 aromatic heterocycles. The summed E-state index contributed by atoms with van der Waals surface area (Å²) in [4.78, 5) is 27.1. The number of nitrogens with one attached hydrogen (secondary N) is 1. The van der Waals surface area contributed by atoms with Gasteiger partial charge in [0.25, 0.3) is 0 Å². The number of carbonyl (C=O) groups is 2. The molecule has 2 aliphatic heterocycles. The summed E-state index contributed by atoms with van der Waals surface area (Å²) in [6.45, 7) is 2.79. The minimum Gasteiger partial charge on any atom is -0.493 e. The van der Waals surface area contributed by atoms with Crippen molar-refractivity contribution < 1.29 is 19.1 Å². The number of hydrazone groups is 1. The predicted molar refractivity (Wildman–Crippen MR) is 143 cm³/mol. The molecular weight excluding hydrogens is 468 g/mol. The van der Waals surface area contributed by atoms with Crippen LogP contribution in [-0.4, -0.2) is 60.3 Å². The number of nitrogens with zero attached hydrogens (tertiary/aromatic N) is 3. The van der Waals surface area contributed by atoms with Gasteiger partial charge in [-0.3, -0.25) is 14.5 Å². The van der Waals surface area contributed by atoms with Crippen LogP contribution in [0.3, 0.4) is 0 Å². The van der Waals surface area contributed by atoms with E-state index in [1.54, 1.807) is 12.1 Å². The molecule has 2 heterocycles. The fourth-order valence-electron chi connectivity index (χ4n) is 5.28. The minimum atomic E-state index is 0.00248. The second-order valence-electron chi connectivity index (χ2n) is 10.1. The topological polar surface area (TPSA) is 83.5 Å². The summed E-state index contributed by atoms with van der Waals surface area (Å²) >= 11 is 0. The molecule has 0 bridgehead atoms. The molecular formula is C29H36N4O4. The van der Waals surface area contributed by atoms with Crippen LogP contribution in [0.5, 0.6) is 11.5 Å². The molecule has 1 saturated carbocycles. The van der Waals surface area contributed by atoms with E-state index in [-0.39, 0.29) is 17.9 Å². The lowest BCUT2D eigenvalue weighted by atomic mass is 10.0. The van der Waals surface area contributed by atoms with Gasteiger partial charge >= 0.3 is 0 Å². The maximum atomic E-state index is 12.7. The Kier molecular flexibility index (Phi) is 8.04. The molecule has 0 spiro atoms. The van der Waals surface area contributed by atoms with Crippen LogP contribution in [-0.2, 0) is 16.1 Å². The second kappa shape index (κ2) is 11.8. The number of rotatable bonds is 9. The van der Waals surface area contributed by atoms with Crippen molar-refractivity contribution in [3.05, 3.63) is 53.6 Å². The zero-order valence-corrected chi connectivity index (χ0v) is 21.6. The van der Waals surface area contributed by atoms with Gasteiger partial charge in [-0.05, 0) is 87.5 Å². The van der Waals surface area contributed by atoms with Crippen molar-refractivity contribution in [1.29, 1.82) is 0 Å². The molecule has 1 aliphatic carbocycles. The summed E-state index contributed by atoms with van der Waals surface area (Å²) in [7, 11) is 1.65. The van der Waals surface area contributed by atoms with E-state index in [0.717, 1.165) is 67.0 Å². The summed E-state index contributed by atoms with van der Waals surface area (Å²) < 4.78 is 11.8. The van der Waals surface area contributed by atoms with E-state index in [2.05, 4.69) is 10.2 Å². The molecule has 5 rings (SSSR count). The number of benzene rings is 2. The van der Waals surface area contributed by atoms with Crippen LogP contribution in [0.1, 0.15) is 62.5 Å². The largest absolute Gasteiger partial charge is 0.493 e. The van der Waals surface area contributed by atoms with Gasteiger partial charge in [-0.2, -0.15) is 5.10 Å². The fourth-order valence-corrected chi connectivity index (χ4v) is 5.28. The SMILES string of the molecule is COc1ccc(C2=NN(Cc3ccc(NC(=O)CN4CCCC4)cc3)C(=O)CC2)cc1OC1CCCC1. The van der Waals surface area contributed by atoms with Crippen LogP contribution in [0.15, 0.2) is 47.6 Å². The number of methoxy groups -OCH3 is 1.